The van der Waals surface area contributed by atoms with Crippen molar-refractivity contribution in [1.82, 2.24) is 0 Å². The summed E-state index contributed by atoms with van der Waals surface area (Å²) in [4.78, 5) is 36.8. The van der Waals surface area contributed by atoms with Crippen molar-refractivity contribution < 1.29 is 38.2 Å². The van der Waals surface area contributed by atoms with Crippen molar-refractivity contribution in [2.45, 2.75) is 199 Å². The van der Waals surface area contributed by atoms with Crippen LogP contribution in [0.25, 0.3) is 0 Å². The Morgan fingerprint density at radius 1 is 0.580 bits per heavy atom. The number of carboxylic acid groups (broad SMARTS) is 1. The van der Waals surface area contributed by atoms with E-state index in [-0.39, 0.29) is 36.2 Å². The molecule has 0 aromatic rings. The molecule has 0 fully saturated rings. The first-order valence-electron chi connectivity index (χ1n) is 20.7. The number of likely N-dealkylation sites (N-methyl/N-ethyl adjacent to an activating group) is 1. The van der Waals surface area contributed by atoms with Crippen molar-refractivity contribution in [3.8, 4) is 0 Å². The Morgan fingerprint density at radius 2 is 1.02 bits per heavy atom. The number of carbonyl (C=O) groups is 3. The molecule has 0 heterocycles. The second kappa shape index (κ2) is 34.2. The van der Waals surface area contributed by atoms with Crippen LogP contribution in [0, 0.1) is 0 Å². The number of ether oxygens (including phenoxy) is 3. The molecule has 50 heavy (non-hydrogen) atoms. The monoisotopic (exact) mass is 711 g/mol. The smallest absolute Gasteiger partial charge is 0.362 e. The van der Waals surface area contributed by atoms with E-state index in [0.29, 0.717) is 25.7 Å². The number of rotatable bonds is 37. The maximum absolute atomic E-state index is 12.7. The molecule has 0 saturated carbocycles. The van der Waals surface area contributed by atoms with Gasteiger partial charge in [0.05, 0.1) is 34.4 Å². The second-order valence-electron chi connectivity index (χ2n) is 15.2. The van der Waals surface area contributed by atoms with Crippen molar-refractivity contribution in [1.29, 1.82) is 0 Å². The quantitative estimate of drug-likeness (QED) is 0.0296. The minimum atomic E-state index is -0.876. The van der Waals surface area contributed by atoms with Gasteiger partial charge in [-0.2, -0.15) is 0 Å². The van der Waals surface area contributed by atoms with Crippen LogP contribution < -0.4 is 0 Å². The molecule has 1 N–H and O–H groups in total. The Balaban J connectivity index is 4.32. The van der Waals surface area contributed by atoms with E-state index >= 15 is 0 Å². The molecule has 2 atom stereocenters. The van der Waals surface area contributed by atoms with Gasteiger partial charge in [-0.1, -0.05) is 148 Å². The normalized spacial score (nSPS) is 13.1. The van der Waals surface area contributed by atoms with Gasteiger partial charge in [-0.3, -0.25) is 9.59 Å². The average Bonchev–Trinajstić information content (AvgIpc) is 3.06. The van der Waals surface area contributed by atoms with E-state index in [2.05, 4.69) is 26.0 Å². The molecule has 0 aliphatic rings. The first kappa shape index (κ1) is 48.1. The first-order chi connectivity index (χ1) is 24.1. The number of carbonyl (C=O) groups excluding carboxylic acids is 2. The summed E-state index contributed by atoms with van der Waals surface area (Å²) in [5, 5.41) is 9.58. The maximum atomic E-state index is 12.7. The van der Waals surface area contributed by atoms with Gasteiger partial charge >= 0.3 is 17.9 Å². The van der Waals surface area contributed by atoms with E-state index in [0.717, 1.165) is 32.1 Å². The summed E-state index contributed by atoms with van der Waals surface area (Å²) in [6.07, 6.45) is 34.1. The Hall–Kier alpha value is -1.93. The second-order valence-corrected chi connectivity index (χ2v) is 15.2. The highest BCUT2D eigenvalue weighted by Crippen LogP contribution is 2.15. The zero-order valence-electron chi connectivity index (χ0n) is 33.4. The van der Waals surface area contributed by atoms with E-state index < -0.39 is 18.1 Å². The van der Waals surface area contributed by atoms with Gasteiger partial charge in [-0.15, -0.1) is 0 Å². The summed E-state index contributed by atoms with van der Waals surface area (Å²) in [5.74, 6) is -1.50. The van der Waals surface area contributed by atoms with Crippen LogP contribution in [0.5, 0.6) is 0 Å². The number of quaternary nitrogens is 1. The largest absolute Gasteiger partial charge is 0.477 e. The molecular weight excluding hydrogens is 630 g/mol. The predicted molar refractivity (Wildman–Crippen MR) is 206 cm³/mol. The van der Waals surface area contributed by atoms with Gasteiger partial charge in [0.1, 0.15) is 6.61 Å². The van der Waals surface area contributed by atoms with Crippen molar-refractivity contribution in [3.63, 3.8) is 0 Å². The number of esters is 2. The average molecular weight is 711 g/mol. The molecule has 294 valence electrons. The standard InChI is InChI=1S/C42H79NO7/c1-6-8-10-12-14-16-17-18-19-20-21-22-23-25-27-29-31-33-41(45)50-38(36-48-35-34-39(42(46)47)43(3,4)5)37-49-40(44)32-30-28-26-24-15-13-11-9-7-2/h24,26,38-39H,6-23,25,27-37H2,1-5H3/p+1/b26-24+. The third-order valence-corrected chi connectivity index (χ3v) is 9.41. The van der Waals surface area contributed by atoms with E-state index in [1.54, 1.807) is 0 Å². The fraction of sp³-hybridized carbons (Fsp3) is 0.881. The number of carboxylic acids is 1. The first-order valence-corrected chi connectivity index (χ1v) is 20.7. The van der Waals surface area contributed by atoms with Crippen molar-refractivity contribution in [2.24, 2.45) is 0 Å². The van der Waals surface area contributed by atoms with Crippen molar-refractivity contribution in [3.05, 3.63) is 12.2 Å². The fourth-order valence-corrected chi connectivity index (χ4v) is 6.15. The van der Waals surface area contributed by atoms with Gasteiger partial charge in [0, 0.05) is 19.3 Å². The number of hydrogen-bond donors (Lipinski definition) is 1. The lowest BCUT2D eigenvalue weighted by Gasteiger charge is -2.31. The molecule has 2 unspecified atom stereocenters. The Kier molecular flexibility index (Phi) is 32.9. The molecule has 0 saturated heterocycles. The van der Waals surface area contributed by atoms with Crippen LogP contribution in [0.2, 0.25) is 0 Å². The zero-order chi connectivity index (χ0) is 37.1. The predicted octanol–water partition coefficient (Wildman–Crippen LogP) is 10.7. The molecule has 0 aliphatic carbocycles. The van der Waals surface area contributed by atoms with Crippen LogP contribution in [-0.2, 0) is 28.6 Å². The lowest BCUT2D eigenvalue weighted by atomic mass is 10.0. The molecule has 8 nitrogen and oxygen atoms in total. The van der Waals surface area contributed by atoms with Crippen LogP contribution in [0.15, 0.2) is 12.2 Å². The van der Waals surface area contributed by atoms with Gasteiger partial charge < -0.3 is 23.8 Å². The Labute approximate surface area is 308 Å². The number of unbranched alkanes of at least 4 members (excludes halogenated alkanes) is 21. The van der Waals surface area contributed by atoms with Crippen LogP contribution >= 0.6 is 0 Å². The number of nitrogens with zero attached hydrogens (tertiary/aromatic N) is 1. The van der Waals surface area contributed by atoms with Gasteiger partial charge in [-0.05, 0) is 32.1 Å². The van der Waals surface area contributed by atoms with Crippen LogP contribution in [0.3, 0.4) is 0 Å². The van der Waals surface area contributed by atoms with Crippen LogP contribution in [-0.4, -0.2) is 80.6 Å². The van der Waals surface area contributed by atoms with E-state index in [1.807, 2.05) is 21.1 Å². The van der Waals surface area contributed by atoms with Gasteiger partial charge in [0.15, 0.2) is 12.1 Å². The maximum Gasteiger partial charge on any atom is 0.362 e. The third kappa shape index (κ3) is 32.0. The topological polar surface area (TPSA) is 99.1 Å². The fourth-order valence-electron chi connectivity index (χ4n) is 6.15. The van der Waals surface area contributed by atoms with Crippen molar-refractivity contribution in [2.75, 3.05) is 41.0 Å². The van der Waals surface area contributed by atoms with Gasteiger partial charge in [0.2, 0.25) is 0 Å². The molecule has 0 rings (SSSR count). The van der Waals surface area contributed by atoms with Gasteiger partial charge in [0.25, 0.3) is 0 Å². The van der Waals surface area contributed by atoms with Gasteiger partial charge in [-0.25, -0.2) is 4.79 Å². The third-order valence-electron chi connectivity index (χ3n) is 9.41. The Bertz CT molecular complexity index is 838. The molecule has 0 aliphatic heterocycles. The van der Waals surface area contributed by atoms with Crippen molar-refractivity contribution >= 4 is 17.9 Å². The number of aliphatic carboxylic acids is 1. The molecule has 0 amide bonds. The molecule has 0 spiro atoms. The summed E-state index contributed by atoms with van der Waals surface area (Å²) in [7, 11) is 5.52. The number of hydrogen-bond acceptors (Lipinski definition) is 6. The minimum Gasteiger partial charge on any atom is -0.477 e. The highest BCUT2D eigenvalue weighted by atomic mass is 16.6. The van der Waals surface area contributed by atoms with E-state index in [1.165, 1.54) is 116 Å². The Morgan fingerprint density at radius 3 is 1.50 bits per heavy atom. The molecule has 0 radical (unpaired) electrons. The molecule has 0 bridgehead atoms. The zero-order valence-corrected chi connectivity index (χ0v) is 33.4. The lowest BCUT2D eigenvalue weighted by Crippen LogP contribution is -2.50. The van der Waals surface area contributed by atoms with Crippen LogP contribution in [0.1, 0.15) is 187 Å². The molecular formula is C42H80NO7+. The van der Waals surface area contributed by atoms with E-state index in [9.17, 15) is 19.5 Å². The molecule has 8 heteroatoms. The van der Waals surface area contributed by atoms with E-state index in [4.69, 9.17) is 14.2 Å². The van der Waals surface area contributed by atoms with Crippen LogP contribution in [0.4, 0.5) is 0 Å². The minimum absolute atomic E-state index is 0.0579. The number of allylic oxidation sites excluding steroid dienone is 2. The summed E-state index contributed by atoms with van der Waals surface area (Å²) in [6, 6.07) is -0.612. The summed E-state index contributed by atoms with van der Waals surface area (Å²) < 4.78 is 17.2. The SMILES string of the molecule is CCCCCC/C=C/CCCC(=O)OCC(COCCC(C(=O)O)[N+](C)(C)C)OC(=O)CCCCCCCCCCCCCCCCCCC. The molecule has 0 aromatic carbocycles. The summed E-state index contributed by atoms with van der Waals surface area (Å²) in [5.41, 5.74) is 0. The highest BCUT2D eigenvalue weighted by Gasteiger charge is 2.31. The molecule has 0 aromatic heterocycles. The summed E-state index contributed by atoms with van der Waals surface area (Å²) >= 11 is 0. The lowest BCUT2D eigenvalue weighted by molar-refractivity contribution is -0.887. The summed E-state index contributed by atoms with van der Waals surface area (Å²) in [6.45, 7) is 4.68. The highest BCUT2D eigenvalue weighted by molar-refractivity contribution is 5.72.